The van der Waals surface area contributed by atoms with Crippen molar-refractivity contribution >= 4 is 6.09 Å². The lowest BCUT2D eigenvalue weighted by molar-refractivity contribution is 0.0527. The monoisotopic (exact) mass is 275 g/mol. The van der Waals surface area contributed by atoms with E-state index in [1.54, 1.807) is 0 Å². The molecule has 1 amide bonds. The Bertz CT molecular complexity index is 184. The summed E-state index contributed by atoms with van der Waals surface area (Å²) in [5.74, 6) is 0.742. The first-order valence-corrected chi connectivity index (χ1v) is 7.78. The van der Waals surface area contributed by atoms with Gasteiger partial charge in [0.2, 0.25) is 0 Å². The fourth-order valence-corrected chi connectivity index (χ4v) is 1.18. The van der Waals surface area contributed by atoms with Crippen LogP contribution in [-0.2, 0) is 4.74 Å². The van der Waals surface area contributed by atoms with Crippen LogP contribution in [-0.4, -0.2) is 18.2 Å². The molecule has 3 heteroatoms. The molecule has 0 aliphatic heterocycles. The van der Waals surface area contributed by atoms with Crippen LogP contribution in [0.15, 0.2) is 0 Å². The molecule has 0 saturated heterocycles. The summed E-state index contributed by atoms with van der Waals surface area (Å²) in [7, 11) is 0. The molecule has 118 valence electrons. The molecule has 0 aromatic carbocycles. The minimum absolute atomic E-state index is 0.313. The van der Waals surface area contributed by atoms with Crippen LogP contribution in [0.2, 0.25) is 0 Å². The fraction of sp³-hybridized carbons (Fsp3) is 0.938. The number of alkyl carbamates (subject to hydrolysis) is 1. The third-order valence-corrected chi connectivity index (χ3v) is 1.88. The van der Waals surface area contributed by atoms with E-state index in [1.165, 1.54) is 6.42 Å². The van der Waals surface area contributed by atoms with Crippen molar-refractivity contribution in [3.63, 3.8) is 0 Å². The summed E-state index contributed by atoms with van der Waals surface area (Å²) in [6.45, 7) is 18.7. The molecule has 19 heavy (non-hydrogen) atoms. The van der Waals surface area contributed by atoms with E-state index in [0.29, 0.717) is 6.54 Å². The number of rotatable bonds is 5. The molecule has 0 atom stereocenters. The molecular formula is C16H37NO2. The minimum Gasteiger partial charge on any atom is -0.444 e. The van der Waals surface area contributed by atoms with Gasteiger partial charge in [-0.3, -0.25) is 0 Å². The van der Waals surface area contributed by atoms with Gasteiger partial charge >= 0.3 is 6.09 Å². The van der Waals surface area contributed by atoms with Crippen molar-refractivity contribution in [1.29, 1.82) is 0 Å². The highest BCUT2D eigenvalue weighted by Gasteiger charge is 2.15. The summed E-state index contributed by atoms with van der Waals surface area (Å²) >= 11 is 0. The summed E-state index contributed by atoms with van der Waals surface area (Å²) in [5.41, 5.74) is -0.401. The molecule has 0 aromatic heterocycles. The third kappa shape index (κ3) is 26.7. The van der Waals surface area contributed by atoms with Crippen molar-refractivity contribution in [2.45, 2.75) is 87.2 Å². The Balaban J connectivity index is -0.000000579. The van der Waals surface area contributed by atoms with Crippen LogP contribution in [0.4, 0.5) is 4.79 Å². The third-order valence-electron chi connectivity index (χ3n) is 1.88. The van der Waals surface area contributed by atoms with Gasteiger partial charge in [-0.15, -0.1) is 0 Å². The average Bonchev–Trinajstić information content (AvgIpc) is 2.31. The fourth-order valence-electron chi connectivity index (χ4n) is 1.18. The maximum Gasteiger partial charge on any atom is 0.407 e. The highest BCUT2D eigenvalue weighted by atomic mass is 16.6. The molecule has 1 N–H and O–H groups in total. The van der Waals surface area contributed by atoms with Crippen LogP contribution < -0.4 is 5.32 Å². The first kappa shape index (κ1) is 23.4. The van der Waals surface area contributed by atoms with Crippen molar-refractivity contribution in [1.82, 2.24) is 5.32 Å². The van der Waals surface area contributed by atoms with Gasteiger partial charge in [0.05, 0.1) is 0 Å². The summed E-state index contributed by atoms with van der Waals surface area (Å²) in [6, 6.07) is 0. The SMILES string of the molecule is CC.CC.CC(C)CCCCNC(=O)OC(C)(C)C. The van der Waals surface area contributed by atoms with E-state index in [-0.39, 0.29) is 6.09 Å². The standard InChI is InChI=1S/C12H25NO2.2C2H6/c1-10(2)8-6-7-9-13-11(14)15-12(3,4)5;2*1-2/h10H,6-9H2,1-5H3,(H,13,14);2*1-2H3. The molecule has 3 nitrogen and oxygen atoms in total. The van der Waals surface area contributed by atoms with E-state index in [1.807, 2.05) is 48.5 Å². The maximum absolute atomic E-state index is 11.2. The lowest BCUT2D eigenvalue weighted by Crippen LogP contribution is -2.33. The van der Waals surface area contributed by atoms with Gasteiger partial charge in [-0.1, -0.05) is 54.4 Å². The molecule has 0 rings (SSSR count). The van der Waals surface area contributed by atoms with Gasteiger partial charge in [-0.2, -0.15) is 0 Å². The van der Waals surface area contributed by atoms with Crippen LogP contribution in [0.5, 0.6) is 0 Å². The molecule has 0 spiro atoms. The van der Waals surface area contributed by atoms with Crippen LogP contribution >= 0.6 is 0 Å². The second-order valence-electron chi connectivity index (χ2n) is 5.32. The van der Waals surface area contributed by atoms with Crippen LogP contribution in [0.3, 0.4) is 0 Å². The molecule has 0 aliphatic carbocycles. The van der Waals surface area contributed by atoms with Gasteiger partial charge in [0.25, 0.3) is 0 Å². The Morgan fingerprint density at radius 3 is 1.89 bits per heavy atom. The number of hydrogen-bond acceptors (Lipinski definition) is 2. The lowest BCUT2D eigenvalue weighted by atomic mass is 10.1. The highest BCUT2D eigenvalue weighted by Crippen LogP contribution is 2.07. The zero-order valence-corrected chi connectivity index (χ0v) is 14.7. The molecule has 0 aliphatic rings. The number of carbonyl (C=O) groups excluding carboxylic acids is 1. The number of hydrogen-bond donors (Lipinski definition) is 1. The van der Waals surface area contributed by atoms with Gasteiger partial charge in [0.1, 0.15) is 5.60 Å². The van der Waals surface area contributed by atoms with Crippen molar-refractivity contribution in [3.05, 3.63) is 0 Å². The summed E-state index contributed by atoms with van der Waals surface area (Å²) < 4.78 is 5.12. The van der Waals surface area contributed by atoms with E-state index in [2.05, 4.69) is 19.2 Å². The molecule has 0 aromatic rings. The van der Waals surface area contributed by atoms with Crippen molar-refractivity contribution in [2.75, 3.05) is 6.54 Å². The van der Waals surface area contributed by atoms with Crippen molar-refractivity contribution < 1.29 is 9.53 Å². The van der Waals surface area contributed by atoms with E-state index in [9.17, 15) is 4.79 Å². The Hall–Kier alpha value is -0.730. The zero-order valence-electron chi connectivity index (χ0n) is 14.7. The Kier molecular flexibility index (Phi) is 18.9. The number of carbonyl (C=O) groups is 1. The van der Waals surface area contributed by atoms with Gasteiger partial charge in [0.15, 0.2) is 0 Å². The molecular weight excluding hydrogens is 238 g/mol. The van der Waals surface area contributed by atoms with Crippen LogP contribution in [0, 0.1) is 5.92 Å². The Morgan fingerprint density at radius 2 is 1.53 bits per heavy atom. The minimum atomic E-state index is -0.401. The van der Waals surface area contributed by atoms with Gasteiger partial charge in [-0.05, 0) is 33.1 Å². The highest BCUT2D eigenvalue weighted by molar-refractivity contribution is 5.67. The molecule has 0 heterocycles. The average molecular weight is 275 g/mol. The Labute approximate surface area is 121 Å². The van der Waals surface area contributed by atoms with Crippen LogP contribution in [0.25, 0.3) is 0 Å². The summed E-state index contributed by atoms with van der Waals surface area (Å²) in [6.07, 6.45) is 3.09. The molecule has 0 fully saturated rings. The quantitative estimate of drug-likeness (QED) is 0.683. The predicted molar refractivity (Wildman–Crippen MR) is 85.6 cm³/mol. The first-order valence-electron chi connectivity index (χ1n) is 7.78. The largest absolute Gasteiger partial charge is 0.444 e. The summed E-state index contributed by atoms with van der Waals surface area (Å²) in [4.78, 5) is 11.2. The van der Waals surface area contributed by atoms with E-state index in [0.717, 1.165) is 18.8 Å². The molecule has 0 radical (unpaired) electrons. The molecule has 0 unspecified atom stereocenters. The summed E-state index contributed by atoms with van der Waals surface area (Å²) in [5, 5.41) is 2.75. The second kappa shape index (κ2) is 15.3. The second-order valence-corrected chi connectivity index (χ2v) is 5.32. The van der Waals surface area contributed by atoms with Crippen LogP contribution in [0.1, 0.15) is 81.6 Å². The smallest absolute Gasteiger partial charge is 0.407 e. The normalized spacial score (nSPS) is 9.79. The van der Waals surface area contributed by atoms with E-state index < -0.39 is 5.60 Å². The number of nitrogens with one attached hydrogen (secondary N) is 1. The lowest BCUT2D eigenvalue weighted by Gasteiger charge is -2.19. The zero-order chi connectivity index (χ0) is 15.9. The van der Waals surface area contributed by atoms with Gasteiger partial charge in [0, 0.05) is 6.54 Å². The molecule has 0 saturated carbocycles. The van der Waals surface area contributed by atoms with Crippen molar-refractivity contribution in [2.24, 2.45) is 5.92 Å². The van der Waals surface area contributed by atoms with Gasteiger partial charge < -0.3 is 10.1 Å². The van der Waals surface area contributed by atoms with E-state index in [4.69, 9.17) is 4.74 Å². The Morgan fingerprint density at radius 1 is 1.05 bits per heavy atom. The van der Waals surface area contributed by atoms with Crippen molar-refractivity contribution in [3.8, 4) is 0 Å². The first-order chi connectivity index (χ1) is 8.81. The maximum atomic E-state index is 11.2. The molecule has 0 bridgehead atoms. The number of unbranched alkanes of at least 4 members (excludes halogenated alkanes) is 1. The number of amides is 1. The van der Waals surface area contributed by atoms with Gasteiger partial charge in [-0.25, -0.2) is 4.79 Å². The number of ether oxygens (including phenoxy) is 1. The predicted octanol–water partition coefficient (Wildman–Crippen LogP) is 5.39. The van der Waals surface area contributed by atoms with E-state index >= 15 is 0 Å². The topological polar surface area (TPSA) is 38.3 Å².